The molecule has 0 aromatic heterocycles. The molecule has 1 spiro atoms. The Hall–Kier alpha value is -0.0400. The molecule has 0 amide bonds. The van der Waals surface area contributed by atoms with Crippen molar-refractivity contribution in [3.63, 3.8) is 0 Å². The Morgan fingerprint density at radius 1 is 1.45 bits per heavy atom. The lowest BCUT2D eigenvalue weighted by Gasteiger charge is -2.43. The van der Waals surface area contributed by atoms with Gasteiger partial charge in [-0.15, -0.1) is 0 Å². The number of nitrogens with zero attached hydrogens (tertiary/aromatic N) is 1. The van der Waals surface area contributed by atoms with E-state index in [1.165, 1.54) is 25.9 Å². The van der Waals surface area contributed by atoms with Gasteiger partial charge in [0.2, 0.25) is 0 Å². The fourth-order valence-electron chi connectivity index (χ4n) is 2.52. The summed E-state index contributed by atoms with van der Waals surface area (Å²) in [5.41, 5.74) is 0.818. The van der Waals surface area contributed by atoms with Crippen LogP contribution >= 0.6 is 0 Å². The highest BCUT2D eigenvalue weighted by Crippen LogP contribution is 2.60. The fourth-order valence-corrected chi connectivity index (χ4v) is 2.52. The third-order valence-electron chi connectivity index (χ3n) is 3.62. The van der Waals surface area contributed by atoms with Gasteiger partial charge in [-0.2, -0.15) is 0 Å². The molecule has 0 aromatic carbocycles. The third kappa shape index (κ3) is 1.01. The summed E-state index contributed by atoms with van der Waals surface area (Å²) >= 11 is 0. The maximum absolute atomic E-state index is 2.59. The van der Waals surface area contributed by atoms with E-state index >= 15 is 0 Å². The second-order valence-electron chi connectivity index (χ2n) is 4.67. The average Bonchev–Trinajstić information content (AvgIpc) is 2.57. The van der Waals surface area contributed by atoms with E-state index in [2.05, 4.69) is 25.7 Å². The Kier molecular flexibility index (Phi) is 1.54. The monoisotopic (exact) mass is 153 g/mol. The van der Waals surface area contributed by atoms with Crippen molar-refractivity contribution in [2.45, 2.75) is 39.7 Å². The lowest BCUT2D eigenvalue weighted by Crippen LogP contribution is -2.52. The third-order valence-corrected chi connectivity index (χ3v) is 3.62. The molecule has 0 bridgehead atoms. The second kappa shape index (κ2) is 2.22. The van der Waals surface area contributed by atoms with Crippen LogP contribution in [0, 0.1) is 11.3 Å². The maximum Gasteiger partial charge on any atom is 0.00560 e. The molecule has 0 radical (unpaired) electrons. The van der Waals surface area contributed by atoms with Crippen LogP contribution in [0.2, 0.25) is 0 Å². The smallest absolute Gasteiger partial charge is 0.00560 e. The first kappa shape index (κ1) is 7.60. The van der Waals surface area contributed by atoms with Crippen LogP contribution in [0.25, 0.3) is 0 Å². The van der Waals surface area contributed by atoms with E-state index in [1.807, 2.05) is 0 Å². The number of hydrogen-bond acceptors (Lipinski definition) is 1. The van der Waals surface area contributed by atoms with Crippen LogP contribution in [-0.4, -0.2) is 24.0 Å². The minimum Gasteiger partial charge on any atom is -0.300 e. The van der Waals surface area contributed by atoms with Crippen molar-refractivity contribution in [3.05, 3.63) is 0 Å². The van der Waals surface area contributed by atoms with Crippen LogP contribution < -0.4 is 0 Å². The molecule has 1 heteroatoms. The summed E-state index contributed by atoms with van der Waals surface area (Å²) in [4.78, 5) is 2.59. The summed E-state index contributed by atoms with van der Waals surface area (Å²) in [5, 5.41) is 0. The van der Waals surface area contributed by atoms with Gasteiger partial charge < -0.3 is 0 Å². The first-order valence-corrected chi connectivity index (χ1v) is 4.92. The molecular weight excluding hydrogens is 134 g/mol. The summed E-state index contributed by atoms with van der Waals surface area (Å²) < 4.78 is 0. The zero-order chi connectivity index (χ0) is 8.06. The Bertz CT molecular complexity index is 156. The van der Waals surface area contributed by atoms with Crippen molar-refractivity contribution in [2.24, 2.45) is 11.3 Å². The number of likely N-dealkylation sites (tertiary alicyclic amines) is 1. The molecule has 2 rings (SSSR count). The molecule has 11 heavy (non-hydrogen) atoms. The van der Waals surface area contributed by atoms with E-state index < -0.39 is 0 Å². The molecule has 2 fully saturated rings. The highest BCUT2D eigenvalue weighted by molar-refractivity contribution is 5.11. The van der Waals surface area contributed by atoms with Crippen LogP contribution in [-0.2, 0) is 0 Å². The number of rotatable bonds is 2. The van der Waals surface area contributed by atoms with Crippen LogP contribution in [0.5, 0.6) is 0 Å². The van der Waals surface area contributed by atoms with E-state index in [1.54, 1.807) is 0 Å². The van der Waals surface area contributed by atoms with Gasteiger partial charge in [0.05, 0.1) is 0 Å². The predicted octanol–water partition coefficient (Wildman–Crippen LogP) is 2.13. The molecule has 1 aliphatic carbocycles. The van der Waals surface area contributed by atoms with Crippen molar-refractivity contribution in [2.75, 3.05) is 13.1 Å². The van der Waals surface area contributed by atoms with Crippen molar-refractivity contribution in [3.8, 4) is 0 Å². The zero-order valence-corrected chi connectivity index (χ0v) is 7.93. The van der Waals surface area contributed by atoms with Gasteiger partial charge in [-0.1, -0.05) is 13.3 Å². The first-order chi connectivity index (χ1) is 5.18. The van der Waals surface area contributed by atoms with E-state index in [4.69, 9.17) is 0 Å². The molecule has 0 aromatic rings. The van der Waals surface area contributed by atoms with Crippen LogP contribution in [0.4, 0.5) is 0 Å². The maximum atomic E-state index is 2.59. The quantitative estimate of drug-likeness (QED) is 0.587. The molecule has 64 valence electrons. The highest BCUT2D eigenvalue weighted by Gasteiger charge is 2.59. The van der Waals surface area contributed by atoms with Crippen LogP contribution in [0.15, 0.2) is 0 Å². The molecule has 1 saturated heterocycles. The fraction of sp³-hybridized carbons (Fsp3) is 1.00. The standard InChI is InChI=1S/C10H19N/c1-4-9-5-10(9)6-11(7-10)8(2)3/h8-9H,4-7H2,1-3H3. The van der Waals surface area contributed by atoms with Gasteiger partial charge in [0, 0.05) is 19.1 Å². The Labute approximate surface area is 69.8 Å². The number of hydrogen-bond donors (Lipinski definition) is 0. The molecule has 1 heterocycles. The summed E-state index contributed by atoms with van der Waals surface area (Å²) in [6.45, 7) is 9.72. The van der Waals surface area contributed by atoms with E-state index in [0.29, 0.717) is 0 Å². The SMILES string of the molecule is CCC1CC12CN(C(C)C)C2. The highest BCUT2D eigenvalue weighted by atomic mass is 15.2. The molecule has 2 aliphatic rings. The zero-order valence-electron chi connectivity index (χ0n) is 7.93. The van der Waals surface area contributed by atoms with E-state index in [0.717, 1.165) is 17.4 Å². The van der Waals surface area contributed by atoms with Crippen molar-refractivity contribution in [1.29, 1.82) is 0 Å². The minimum absolute atomic E-state index is 0.777. The molecule has 1 saturated carbocycles. The summed E-state index contributed by atoms with van der Waals surface area (Å²) in [7, 11) is 0. The van der Waals surface area contributed by atoms with Gasteiger partial charge in [-0.25, -0.2) is 0 Å². The molecular formula is C10H19N. The first-order valence-electron chi connectivity index (χ1n) is 4.92. The molecule has 1 nitrogen and oxygen atoms in total. The Morgan fingerprint density at radius 2 is 2.09 bits per heavy atom. The van der Waals surface area contributed by atoms with E-state index in [9.17, 15) is 0 Å². The summed E-state index contributed by atoms with van der Waals surface area (Å²) in [5.74, 6) is 1.08. The lowest BCUT2D eigenvalue weighted by molar-refractivity contribution is 0.0392. The molecule has 1 atom stereocenters. The molecule has 0 N–H and O–H groups in total. The molecule has 1 aliphatic heterocycles. The predicted molar refractivity (Wildman–Crippen MR) is 47.5 cm³/mol. The van der Waals surface area contributed by atoms with Crippen molar-refractivity contribution in [1.82, 2.24) is 4.90 Å². The van der Waals surface area contributed by atoms with Crippen molar-refractivity contribution < 1.29 is 0 Å². The lowest BCUT2D eigenvalue weighted by atomic mass is 9.91. The minimum atomic E-state index is 0.777. The summed E-state index contributed by atoms with van der Waals surface area (Å²) in [6.07, 6.45) is 2.93. The van der Waals surface area contributed by atoms with Crippen LogP contribution in [0.3, 0.4) is 0 Å². The Morgan fingerprint density at radius 3 is 2.45 bits per heavy atom. The van der Waals surface area contributed by atoms with Gasteiger partial charge in [0.1, 0.15) is 0 Å². The molecule has 1 unspecified atom stereocenters. The summed E-state index contributed by atoms with van der Waals surface area (Å²) in [6, 6.07) is 0.777. The van der Waals surface area contributed by atoms with E-state index in [-0.39, 0.29) is 0 Å². The van der Waals surface area contributed by atoms with Crippen LogP contribution in [0.1, 0.15) is 33.6 Å². The average molecular weight is 153 g/mol. The van der Waals surface area contributed by atoms with Gasteiger partial charge in [0.25, 0.3) is 0 Å². The second-order valence-corrected chi connectivity index (χ2v) is 4.67. The van der Waals surface area contributed by atoms with Crippen molar-refractivity contribution >= 4 is 0 Å². The van der Waals surface area contributed by atoms with Gasteiger partial charge in [-0.05, 0) is 31.6 Å². The van der Waals surface area contributed by atoms with Gasteiger partial charge in [-0.3, -0.25) is 4.90 Å². The Balaban J connectivity index is 1.81. The van der Waals surface area contributed by atoms with Gasteiger partial charge >= 0.3 is 0 Å². The largest absolute Gasteiger partial charge is 0.300 e. The topological polar surface area (TPSA) is 3.24 Å². The normalized spacial score (nSPS) is 34.4. The van der Waals surface area contributed by atoms with Gasteiger partial charge in [0.15, 0.2) is 0 Å².